The van der Waals surface area contributed by atoms with E-state index in [4.69, 9.17) is 0 Å². The first kappa shape index (κ1) is 14.7. The van der Waals surface area contributed by atoms with E-state index in [0.29, 0.717) is 16.8 Å². The monoisotopic (exact) mass is 299 g/mol. The van der Waals surface area contributed by atoms with Gasteiger partial charge in [0.25, 0.3) is 0 Å². The third-order valence-corrected chi connectivity index (χ3v) is 3.90. The summed E-state index contributed by atoms with van der Waals surface area (Å²) in [5.41, 5.74) is 2.33. The van der Waals surface area contributed by atoms with Crippen molar-refractivity contribution in [3.63, 3.8) is 0 Å². The average molecular weight is 299 g/mol. The largest absolute Gasteiger partial charge is 0.293 e. The van der Waals surface area contributed by atoms with E-state index in [1.807, 2.05) is 30.3 Å². The number of aromatic nitrogens is 1. The Morgan fingerprint density at radius 3 is 1.96 bits per heavy atom. The fourth-order valence-electron chi connectivity index (χ4n) is 2.85. The van der Waals surface area contributed by atoms with E-state index in [2.05, 4.69) is 17.8 Å². The third-order valence-electron chi connectivity index (χ3n) is 3.90. The van der Waals surface area contributed by atoms with Crippen molar-refractivity contribution in [3.05, 3.63) is 77.5 Å². The first-order valence-electron chi connectivity index (χ1n) is 7.12. The van der Waals surface area contributed by atoms with Gasteiger partial charge < -0.3 is 0 Å². The predicted molar refractivity (Wildman–Crippen MR) is 89.5 cm³/mol. The van der Waals surface area contributed by atoms with Crippen molar-refractivity contribution in [2.24, 2.45) is 0 Å². The van der Waals surface area contributed by atoms with Gasteiger partial charge in [-0.3, -0.25) is 14.6 Å². The Morgan fingerprint density at radius 2 is 1.30 bits per heavy atom. The van der Waals surface area contributed by atoms with Crippen LogP contribution in [0.25, 0.3) is 10.9 Å². The van der Waals surface area contributed by atoms with E-state index in [1.165, 1.54) is 0 Å². The van der Waals surface area contributed by atoms with Crippen LogP contribution < -0.4 is 0 Å². The van der Waals surface area contributed by atoms with Gasteiger partial charge in [-0.2, -0.15) is 0 Å². The zero-order chi connectivity index (χ0) is 16.4. The highest BCUT2D eigenvalue weighted by Crippen LogP contribution is 2.33. The Labute approximate surface area is 134 Å². The van der Waals surface area contributed by atoms with Crippen LogP contribution in [0.1, 0.15) is 32.3 Å². The summed E-state index contributed by atoms with van der Waals surface area (Å²) in [5, 5.41) is 0.997. The highest BCUT2D eigenvalue weighted by Gasteiger charge is 2.40. The maximum absolute atomic E-state index is 12.5. The van der Waals surface area contributed by atoms with Crippen molar-refractivity contribution < 1.29 is 9.59 Å². The van der Waals surface area contributed by atoms with Crippen LogP contribution in [0.15, 0.2) is 60.7 Å². The minimum absolute atomic E-state index is 0.154. The summed E-state index contributed by atoms with van der Waals surface area (Å²) >= 11 is 0. The van der Waals surface area contributed by atoms with Gasteiger partial charge in [0.1, 0.15) is 5.92 Å². The highest BCUT2D eigenvalue weighted by atomic mass is 16.2. The van der Waals surface area contributed by atoms with Gasteiger partial charge in [0.2, 0.25) is 0 Å². The second-order valence-electron chi connectivity index (χ2n) is 5.14. The number of carbonyl (C=O) groups excluding carboxylic acids is 2. The lowest BCUT2D eigenvalue weighted by molar-refractivity contribution is 0.0888. The normalized spacial score (nSPS) is 13.5. The van der Waals surface area contributed by atoms with Crippen LogP contribution in [0.2, 0.25) is 0 Å². The number of carbonyl (C=O) groups is 2. The van der Waals surface area contributed by atoms with Crippen molar-refractivity contribution in [1.29, 1.82) is 0 Å². The summed E-state index contributed by atoms with van der Waals surface area (Å²) in [6, 6.07) is 18.3. The minimum atomic E-state index is -0.799. The van der Waals surface area contributed by atoms with Crippen molar-refractivity contribution in [2.45, 2.75) is 5.92 Å². The summed E-state index contributed by atoms with van der Waals surface area (Å²) < 4.78 is 0. The Balaban J connectivity index is 0.000000753. The summed E-state index contributed by atoms with van der Waals surface area (Å²) in [6.45, 7) is 0. The average Bonchev–Trinajstić information content (AvgIpc) is 2.88. The number of terminal acetylenes is 1. The van der Waals surface area contributed by atoms with Gasteiger partial charge in [-0.15, -0.1) is 12.8 Å². The molecule has 0 bridgehead atoms. The van der Waals surface area contributed by atoms with E-state index >= 15 is 0 Å². The van der Waals surface area contributed by atoms with E-state index in [9.17, 15) is 9.59 Å². The van der Waals surface area contributed by atoms with Gasteiger partial charge in [-0.05, 0) is 12.1 Å². The topological polar surface area (TPSA) is 47.0 Å². The molecule has 0 amide bonds. The fraction of sp³-hybridized carbons (Fsp3) is 0.0500. The molecule has 0 saturated carbocycles. The number of nitrogens with zero attached hydrogens (tertiary/aromatic N) is 1. The molecule has 3 nitrogen and oxygen atoms in total. The molecule has 3 aromatic rings. The van der Waals surface area contributed by atoms with Gasteiger partial charge in [-0.1, -0.05) is 48.5 Å². The van der Waals surface area contributed by atoms with Crippen molar-refractivity contribution in [3.8, 4) is 12.8 Å². The standard InChI is InChI=1S/C18H11NO2.C2H2/c20-17-12-6-2-3-7-13(12)18(21)16(17)15-10-9-11-5-1-4-8-14(11)19-15;1-2/h1-10,16H;1-2H. The fourth-order valence-corrected chi connectivity index (χ4v) is 2.85. The second-order valence-corrected chi connectivity index (χ2v) is 5.14. The molecule has 1 aliphatic rings. The van der Waals surface area contributed by atoms with Gasteiger partial charge in [0.15, 0.2) is 11.6 Å². The number of hydrogen-bond acceptors (Lipinski definition) is 3. The number of pyridine rings is 1. The maximum Gasteiger partial charge on any atom is 0.180 e. The summed E-state index contributed by atoms with van der Waals surface area (Å²) in [5.74, 6) is -1.11. The molecule has 0 unspecified atom stereocenters. The van der Waals surface area contributed by atoms with Crippen LogP contribution in [-0.4, -0.2) is 16.6 Å². The lowest BCUT2D eigenvalue weighted by atomic mass is 9.98. The number of rotatable bonds is 1. The Bertz CT molecular complexity index is 905. The Kier molecular flexibility index (Phi) is 3.74. The molecule has 0 atom stereocenters. The van der Waals surface area contributed by atoms with E-state index in [-0.39, 0.29) is 11.6 Å². The molecule has 2 aromatic carbocycles. The lowest BCUT2D eigenvalue weighted by Crippen LogP contribution is -2.14. The number of para-hydroxylation sites is 1. The molecule has 4 rings (SSSR count). The Morgan fingerprint density at radius 1 is 0.739 bits per heavy atom. The van der Waals surface area contributed by atoms with Gasteiger partial charge in [0, 0.05) is 16.5 Å². The summed E-state index contributed by atoms with van der Waals surface area (Å²) in [7, 11) is 0. The molecule has 110 valence electrons. The van der Waals surface area contributed by atoms with E-state index in [0.717, 1.165) is 10.9 Å². The SMILES string of the molecule is C#C.O=C1c2ccccc2C(=O)C1c1ccc2ccccc2n1. The van der Waals surface area contributed by atoms with Crippen LogP contribution in [-0.2, 0) is 0 Å². The molecule has 1 heterocycles. The Hall–Kier alpha value is -3.25. The van der Waals surface area contributed by atoms with Crippen LogP contribution in [0, 0.1) is 12.8 Å². The molecule has 0 aliphatic heterocycles. The number of Topliss-reactive ketones (excluding diaryl/α,β-unsaturated/α-hetero) is 2. The highest BCUT2D eigenvalue weighted by molar-refractivity contribution is 6.29. The molecule has 23 heavy (non-hydrogen) atoms. The predicted octanol–water partition coefficient (Wildman–Crippen LogP) is 3.65. The number of hydrogen-bond donors (Lipinski definition) is 0. The molecule has 1 aromatic heterocycles. The lowest BCUT2D eigenvalue weighted by Gasteiger charge is -2.07. The molecule has 1 aliphatic carbocycles. The molecule has 0 saturated heterocycles. The van der Waals surface area contributed by atoms with E-state index in [1.54, 1.807) is 30.3 Å². The molecule has 0 N–H and O–H groups in total. The molecular formula is C20H13NO2. The molecular weight excluding hydrogens is 286 g/mol. The second kappa shape index (κ2) is 5.86. The van der Waals surface area contributed by atoms with Crippen molar-refractivity contribution in [2.75, 3.05) is 0 Å². The quantitative estimate of drug-likeness (QED) is 0.509. The minimum Gasteiger partial charge on any atom is -0.293 e. The van der Waals surface area contributed by atoms with Crippen molar-refractivity contribution >= 4 is 22.5 Å². The maximum atomic E-state index is 12.5. The van der Waals surface area contributed by atoms with Crippen molar-refractivity contribution in [1.82, 2.24) is 4.98 Å². The van der Waals surface area contributed by atoms with Gasteiger partial charge in [0.05, 0.1) is 11.2 Å². The van der Waals surface area contributed by atoms with Crippen LogP contribution in [0.3, 0.4) is 0 Å². The first-order valence-corrected chi connectivity index (χ1v) is 7.12. The molecule has 0 spiro atoms. The first-order chi connectivity index (χ1) is 11.3. The van der Waals surface area contributed by atoms with Crippen LogP contribution in [0.4, 0.5) is 0 Å². The van der Waals surface area contributed by atoms with E-state index < -0.39 is 5.92 Å². The number of fused-ring (bicyclic) bond motifs is 2. The number of benzene rings is 2. The van der Waals surface area contributed by atoms with Gasteiger partial charge >= 0.3 is 0 Å². The van der Waals surface area contributed by atoms with Gasteiger partial charge in [-0.25, -0.2) is 0 Å². The van der Waals surface area contributed by atoms with Crippen LogP contribution >= 0.6 is 0 Å². The zero-order valence-electron chi connectivity index (χ0n) is 12.3. The smallest absolute Gasteiger partial charge is 0.180 e. The molecule has 0 radical (unpaired) electrons. The number of ketones is 2. The summed E-state index contributed by atoms with van der Waals surface area (Å²) in [6.07, 6.45) is 8.00. The zero-order valence-corrected chi connectivity index (χ0v) is 12.3. The molecule has 0 fully saturated rings. The van der Waals surface area contributed by atoms with Crippen LogP contribution in [0.5, 0.6) is 0 Å². The summed E-state index contributed by atoms with van der Waals surface area (Å²) in [4.78, 5) is 29.5. The third kappa shape index (κ3) is 2.31. The molecule has 3 heteroatoms.